The molecule has 0 aromatic heterocycles. The summed E-state index contributed by atoms with van der Waals surface area (Å²) >= 11 is 0. The topological polar surface area (TPSA) is 92.9 Å². The first-order chi connectivity index (χ1) is 8.04. The Balaban J connectivity index is 2.55. The summed E-state index contributed by atoms with van der Waals surface area (Å²) in [5.41, 5.74) is 6.44. The van der Waals surface area contributed by atoms with E-state index >= 15 is 0 Å². The van der Waals surface area contributed by atoms with Gasteiger partial charge in [0.15, 0.2) is 6.10 Å². The fourth-order valence-electron chi connectivity index (χ4n) is 1.70. The molecule has 0 fully saturated rings. The van der Waals surface area contributed by atoms with E-state index in [0.717, 1.165) is 5.56 Å². The maximum absolute atomic E-state index is 11.7. The van der Waals surface area contributed by atoms with Crippen LogP contribution >= 0.6 is 0 Å². The average molecular weight is 236 g/mol. The second-order valence-electron chi connectivity index (χ2n) is 3.72. The van der Waals surface area contributed by atoms with Crippen molar-refractivity contribution in [1.29, 1.82) is 0 Å². The molecule has 1 aromatic carbocycles. The summed E-state index contributed by atoms with van der Waals surface area (Å²) in [6.45, 7) is 1.78. The first kappa shape index (κ1) is 11.4. The van der Waals surface area contributed by atoms with Crippen LogP contribution in [0.2, 0.25) is 0 Å². The van der Waals surface area contributed by atoms with E-state index in [-0.39, 0.29) is 12.2 Å². The van der Waals surface area contributed by atoms with Gasteiger partial charge in [0, 0.05) is 6.54 Å². The Kier molecular flexibility index (Phi) is 2.72. The molecule has 0 saturated carbocycles. The molecular formula is C11H12N2O4. The SMILES string of the molecule is CC1Oc2ccc(CN)cc2N(C(=O)O)C1=O. The highest BCUT2D eigenvalue weighted by Gasteiger charge is 2.35. The highest BCUT2D eigenvalue weighted by Crippen LogP contribution is 2.34. The van der Waals surface area contributed by atoms with Crippen molar-refractivity contribution < 1.29 is 19.4 Å². The van der Waals surface area contributed by atoms with Gasteiger partial charge in [-0.3, -0.25) is 4.79 Å². The van der Waals surface area contributed by atoms with Crippen molar-refractivity contribution in [1.82, 2.24) is 0 Å². The first-order valence-electron chi connectivity index (χ1n) is 5.11. The Labute approximate surface area is 97.6 Å². The molecule has 0 aliphatic carbocycles. The molecule has 17 heavy (non-hydrogen) atoms. The van der Waals surface area contributed by atoms with Gasteiger partial charge in [-0.2, -0.15) is 0 Å². The molecule has 1 atom stereocenters. The Bertz CT molecular complexity index is 486. The van der Waals surface area contributed by atoms with Crippen molar-refractivity contribution in [3.05, 3.63) is 23.8 Å². The van der Waals surface area contributed by atoms with Crippen LogP contribution in [0.25, 0.3) is 0 Å². The molecule has 90 valence electrons. The Morgan fingerprint density at radius 2 is 2.29 bits per heavy atom. The number of carbonyl (C=O) groups is 2. The predicted octanol–water partition coefficient (Wildman–Crippen LogP) is 0.937. The van der Waals surface area contributed by atoms with Gasteiger partial charge in [-0.15, -0.1) is 0 Å². The number of imide groups is 1. The predicted molar refractivity (Wildman–Crippen MR) is 59.9 cm³/mol. The van der Waals surface area contributed by atoms with Gasteiger partial charge >= 0.3 is 6.09 Å². The first-order valence-corrected chi connectivity index (χ1v) is 5.11. The molecule has 2 amide bonds. The van der Waals surface area contributed by atoms with Crippen LogP contribution in [-0.4, -0.2) is 23.2 Å². The van der Waals surface area contributed by atoms with E-state index in [9.17, 15) is 9.59 Å². The summed E-state index contributed by atoms with van der Waals surface area (Å²) in [7, 11) is 0. The lowest BCUT2D eigenvalue weighted by molar-refractivity contribution is -0.124. The molecule has 0 spiro atoms. The van der Waals surface area contributed by atoms with Gasteiger partial charge in [-0.05, 0) is 24.6 Å². The van der Waals surface area contributed by atoms with Crippen LogP contribution in [0.1, 0.15) is 12.5 Å². The number of hydrogen-bond donors (Lipinski definition) is 2. The minimum absolute atomic E-state index is 0.226. The van der Waals surface area contributed by atoms with Gasteiger partial charge in [0.1, 0.15) is 5.75 Å². The average Bonchev–Trinajstić information content (AvgIpc) is 2.29. The number of benzene rings is 1. The molecule has 1 unspecified atom stereocenters. The summed E-state index contributed by atoms with van der Waals surface area (Å²) in [6.07, 6.45) is -2.12. The minimum atomic E-state index is -1.32. The van der Waals surface area contributed by atoms with Crippen LogP contribution in [0.5, 0.6) is 5.75 Å². The third-order valence-corrected chi connectivity index (χ3v) is 2.56. The van der Waals surface area contributed by atoms with E-state index in [0.29, 0.717) is 10.6 Å². The van der Waals surface area contributed by atoms with Crippen LogP contribution in [0.4, 0.5) is 10.5 Å². The van der Waals surface area contributed by atoms with Crippen molar-refractivity contribution in [2.45, 2.75) is 19.6 Å². The second kappa shape index (κ2) is 4.06. The lowest BCUT2D eigenvalue weighted by Gasteiger charge is -2.29. The van der Waals surface area contributed by atoms with Crippen molar-refractivity contribution in [2.75, 3.05) is 4.90 Å². The van der Waals surface area contributed by atoms with E-state index in [1.807, 2.05) is 0 Å². The summed E-state index contributed by atoms with van der Waals surface area (Å²) < 4.78 is 5.33. The lowest BCUT2D eigenvalue weighted by atomic mass is 10.1. The molecular weight excluding hydrogens is 224 g/mol. The smallest absolute Gasteiger partial charge is 0.418 e. The van der Waals surface area contributed by atoms with Crippen LogP contribution in [0.3, 0.4) is 0 Å². The lowest BCUT2D eigenvalue weighted by Crippen LogP contribution is -2.47. The number of fused-ring (bicyclic) bond motifs is 1. The van der Waals surface area contributed by atoms with Crippen LogP contribution in [0, 0.1) is 0 Å². The highest BCUT2D eigenvalue weighted by atomic mass is 16.5. The van der Waals surface area contributed by atoms with E-state index < -0.39 is 18.1 Å². The van der Waals surface area contributed by atoms with Crippen molar-refractivity contribution in [2.24, 2.45) is 5.73 Å². The summed E-state index contributed by atoms with van der Waals surface area (Å²) in [4.78, 5) is 23.5. The van der Waals surface area contributed by atoms with Crippen LogP contribution in [-0.2, 0) is 11.3 Å². The third-order valence-electron chi connectivity index (χ3n) is 2.56. The number of carbonyl (C=O) groups excluding carboxylic acids is 1. The molecule has 0 saturated heterocycles. The largest absolute Gasteiger partial charge is 0.479 e. The van der Waals surface area contributed by atoms with E-state index in [1.54, 1.807) is 18.2 Å². The standard InChI is InChI=1S/C11H12N2O4/c1-6-10(14)13(11(15)16)8-4-7(5-12)2-3-9(8)17-6/h2-4,6H,5,12H2,1H3,(H,15,16). The summed E-state index contributed by atoms with van der Waals surface area (Å²) in [5.74, 6) is -0.226. The van der Waals surface area contributed by atoms with Gasteiger partial charge < -0.3 is 15.6 Å². The minimum Gasteiger partial charge on any atom is -0.479 e. The van der Waals surface area contributed by atoms with Gasteiger partial charge in [-0.1, -0.05) is 6.07 Å². The molecule has 1 aromatic rings. The number of rotatable bonds is 1. The van der Waals surface area contributed by atoms with Crippen LogP contribution in [0.15, 0.2) is 18.2 Å². The third kappa shape index (κ3) is 1.83. The monoisotopic (exact) mass is 236 g/mol. The molecule has 0 radical (unpaired) electrons. The maximum atomic E-state index is 11.7. The van der Waals surface area contributed by atoms with Gasteiger partial charge in [0.05, 0.1) is 5.69 Å². The number of hydrogen-bond acceptors (Lipinski definition) is 4. The number of nitrogens with zero attached hydrogens (tertiary/aromatic N) is 1. The van der Waals surface area contributed by atoms with E-state index in [4.69, 9.17) is 15.6 Å². The quantitative estimate of drug-likeness (QED) is 0.756. The Morgan fingerprint density at radius 1 is 1.59 bits per heavy atom. The Hall–Kier alpha value is -2.08. The molecule has 6 heteroatoms. The van der Waals surface area contributed by atoms with Crippen molar-refractivity contribution >= 4 is 17.7 Å². The molecule has 1 heterocycles. The molecule has 1 aliphatic heterocycles. The molecule has 0 bridgehead atoms. The Morgan fingerprint density at radius 3 is 2.88 bits per heavy atom. The fourth-order valence-corrected chi connectivity index (χ4v) is 1.70. The van der Waals surface area contributed by atoms with E-state index in [2.05, 4.69) is 0 Å². The van der Waals surface area contributed by atoms with Gasteiger partial charge in [0.2, 0.25) is 0 Å². The molecule has 2 rings (SSSR count). The normalized spacial score (nSPS) is 18.6. The molecule has 1 aliphatic rings. The number of amides is 2. The van der Waals surface area contributed by atoms with Crippen molar-refractivity contribution in [3.8, 4) is 5.75 Å². The molecule has 3 N–H and O–H groups in total. The zero-order valence-corrected chi connectivity index (χ0v) is 9.21. The summed E-state index contributed by atoms with van der Waals surface area (Å²) in [6, 6.07) is 4.91. The van der Waals surface area contributed by atoms with Crippen molar-refractivity contribution in [3.63, 3.8) is 0 Å². The maximum Gasteiger partial charge on any atom is 0.418 e. The number of carboxylic acid groups (broad SMARTS) is 1. The highest BCUT2D eigenvalue weighted by molar-refractivity contribution is 6.15. The second-order valence-corrected chi connectivity index (χ2v) is 3.72. The number of nitrogens with two attached hydrogens (primary N) is 1. The number of ether oxygens (including phenoxy) is 1. The van der Waals surface area contributed by atoms with Gasteiger partial charge in [-0.25, -0.2) is 9.69 Å². The van der Waals surface area contributed by atoms with E-state index in [1.165, 1.54) is 6.92 Å². The summed E-state index contributed by atoms with van der Waals surface area (Å²) in [5, 5.41) is 9.06. The number of anilines is 1. The zero-order chi connectivity index (χ0) is 12.6. The van der Waals surface area contributed by atoms with Gasteiger partial charge in [0.25, 0.3) is 5.91 Å². The molecule has 6 nitrogen and oxygen atoms in total. The fraction of sp³-hybridized carbons (Fsp3) is 0.273. The van der Waals surface area contributed by atoms with Crippen LogP contribution < -0.4 is 15.4 Å². The zero-order valence-electron chi connectivity index (χ0n) is 9.21.